The Hall–Kier alpha value is -0.970. The zero-order valence-electron chi connectivity index (χ0n) is 10.1. The molecule has 16 heavy (non-hydrogen) atoms. The van der Waals surface area contributed by atoms with E-state index in [1.807, 2.05) is 10.8 Å². The van der Waals surface area contributed by atoms with Gasteiger partial charge in [-0.1, -0.05) is 25.6 Å². The highest BCUT2D eigenvalue weighted by molar-refractivity contribution is 7.99. The van der Waals surface area contributed by atoms with Gasteiger partial charge in [-0.05, 0) is 12.8 Å². The second-order valence-electron chi connectivity index (χ2n) is 3.98. The van der Waals surface area contributed by atoms with Crippen molar-refractivity contribution in [1.29, 1.82) is 0 Å². The molecule has 1 heterocycles. The van der Waals surface area contributed by atoms with Crippen molar-refractivity contribution in [2.24, 2.45) is 5.92 Å². The van der Waals surface area contributed by atoms with E-state index in [1.54, 1.807) is 6.20 Å². The molecule has 0 atom stereocenters. The summed E-state index contributed by atoms with van der Waals surface area (Å²) in [4.78, 5) is 15.7. The Morgan fingerprint density at radius 3 is 3.00 bits per heavy atom. The average Bonchev–Trinajstić information content (AvgIpc) is 2.70. The van der Waals surface area contributed by atoms with Crippen LogP contribution in [0.5, 0.6) is 0 Å². The number of hydrogen-bond acceptors (Lipinski definition) is 3. The first kappa shape index (κ1) is 13.1. The number of hydrogen-bond donors (Lipinski definition) is 1. The summed E-state index contributed by atoms with van der Waals surface area (Å²) in [5.74, 6) is 1.000. The maximum Gasteiger partial charge on any atom is 0.230 e. The number of carbonyl (C=O) groups is 1. The highest BCUT2D eigenvalue weighted by Crippen LogP contribution is 2.14. The molecule has 0 aromatic carbocycles. The number of carbonyl (C=O) groups excluding carboxylic acids is 1. The summed E-state index contributed by atoms with van der Waals surface area (Å²) in [5, 5.41) is 3.79. The number of rotatable bonds is 6. The summed E-state index contributed by atoms with van der Waals surface area (Å²) in [6.07, 6.45) is 3.69. The van der Waals surface area contributed by atoms with Gasteiger partial charge in [0.2, 0.25) is 5.91 Å². The van der Waals surface area contributed by atoms with Crippen LogP contribution in [0.3, 0.4) is 0 Å². The van der Waals surface area contributed by atoms with Gasteiger partial charge in [0, 0.05) is 25.5 Å². The summed E-state index contributed by atoms with van der Waals surface area (Å²) in [5.41, 5.74) is 0. The normalized spacial score (nSPS) is 10.8. The van der Waals surface area contributed by atoms with Crippen molar-refractivity contribution in [1.82, 2.24) is 14.9 Å². The number of nitrogens with one attached hydrogen (secondary N) is 1. The van der Waals surface area contributed by atoms with Gasteiger partial charge < -0.3 is 9.88 Å². The zero-order chi connectivity index (χ0) is 12.0. The van der Waals surface area contributed by atoms with Crippen LogP contribution in [-0.4, -0.2) is 27.8 Å². The van der Waals surface area contributed by atoms with Crippen molar-refractivity contribution in [3.8, 4) is 0 Å². The lowest BCUT2D eigenvalue weighted by Gasteiger charge is -2.07. The highest BCUT2D eigenvalue weighted by Gasteiger charge is 2.06. The summed E-state index contributed by atoms with van der Waals surface area (Å²) >= 11 is 1.48. The van der Waals surface area contributed by atoms with Gasteiger partial charge in [0.05, 0.1) is 5.75 Å². The van der Waals surface area contributed by atoms with Crippen LogP contribution in [0.2, 0.25) is 0 Å². The van der Waals surface area contributed by atoms with Crippen LogP contribution < -0.4 is 5.32 Å². The second-order valence-corrected chi connectivity index (χ2v) is 4.92. The molecule has 5 heteroatoms. The molecule has 0 bridgehead atoms. The predicted octanol–water partition coefficient (Wildman–Crippen LogP) is 1.77. The third kappa shape index (κ3) is 4.26. The molecule has 0 aliphatic heterocycles. The quantitative estimate of drug-likeness (QED) is 0.772. The molecule has 0 radical (unpaired) electrons. The monoisotopic (exact) mass is 241 g/mol. The van der Waals surface area contributed by atoms with Crippen LogP contribution in [0.1, 0.15) is 20.8 Å². The van der Waals surface area contributed by atoms with Gasteiger partial charge in [0.25, 0.3) is 0 Å². The molecule has 0 unspecified atom stereocenters. The zero-order valence-corrected chi connectivity index (χ0v) is 10.9. The lowest BCUT2D eigenvalue weighted by atomic mass is 10.2. The Labute approximate surface area is 101 Å². The molecule has 0 aliphatic carbocycles. The van der Waals surface area contributed by atoms with Crippen LogP contribution in [0.15, 0.2) is 17.6 Å². The third-order valence-corrected chi connectivity index (χ3v) is 3.06. The van der Waals surface area contributed by atoms with Crippen molar-refractivity contribution < 1.29 is 4.79 Å². The maximum atomic E-state index is 11.5. The van der Waals surface area contributed by atoms with E-state index in [0.29, 0.717) is 11.7 Å². The van der Waals surface area contributed by atoms with E-state index in [0.717, 1.165) is 18.2 Å². The van der Waals surface area contributed by atoms with Crippen LogP contribution in [0.4, 0.5) is 0 Å². The minimum atomic E-state index is 0.0735. The standard InChI is InChI=1S/C11H19N3OS/c1-4-14-6-5-12-11(14)16-8-10(15)13-7-9(2)3/h5-6,9H,4,7-8H2,1-3H3,(H,13,15). The molecule has 1 rings (SSSR count). The first-order valence-electron chi connectivity index (χ1n) is 5.54. The Kier molecular flexibility index (Phi) is 5.38. The molecular formula is C11H19N3OS. The molecule has 0 aliphatic rings. The van der Waals surface area contributed by atoms with Gasteiger partial charge >= 0.3 is 0 Å². The van der Waals surface area contributed by atoms with Crippen molar-refractivity contribution >= 4 is 17.7 Å². The molecule has 0 fully saturated rings. The van der Waals surface area contributed by atoms with Crippen LogP contribution in [-0.2, 0) is 11.3 Å². The fraction of sp³-hybridized carbons (Fsp3) is 0.636. The maximum absolute atomic E-state index is 11.5. The number of nitrogens with zero attached hydrogens (tertiary/aromatic N) is 2. The Bertz CT molecular complexity index is 336. The predicted molar refractivity (Wildman–Crippen MR) is 66.5 cm³/mol. The van der Waals surface area contributed by atoms with Gasteiger partial charge in [0.15, 0.2) is 5.16 Å². The molecule has 0 saturated heterocycles. The van der Waals surface area contributed by atoms with Gasteiger partial charge in [-0.25, -0.2) is 4.98 Å². The van der Waals surface area contributed by atoms with Gasteiger partial charge in [0.1, 0.15) is 0 Å². The largest absolute Gasteiger partial charge is 0.355 e. The van der Waals surface area contributed by atoms with Gasteiger partial charge in [-0.15, -0.1) is 0 Å². The average molecular weight is 241 g/mol. The molecule has 1 aromatic rings. The second kappa shape index (κ2) is 6.58. The Morgan fingerprint density at radius 1 is 1.62 bits per heavy atom. The Balaban J connectivity index is 2.31. The van der Waals surface area contributed by atoms with Crippen LogP contribution >= 0.6 is 11.8 Å². The SMILES string of the molecule is CCn1ccnc1SCC(=O)NCC(C)C. The van der Waals surface area contributed by atoms with E-state index in [1.165, 1.54) is 11.8 Å². The highest BCUT2D eigenvalue weighted by atomic mass is 32.2. The van der Waals surface area contributed by atoms with E-state index in [-0.39, 0.29) is 5.91 Å². The summed E-state index contributed by atoms with van der Waals surface area (Å²) in [6.45, 7) is 7.84. The minimum absolute atomic E-state index is 0.0735. The lowest BCUT2D eigenvalue weighted by Crippen LogP contribution is -2.28. The van der Waals surface area contributed by atoms with Crippen molar-refractivity contribution in [2.75, 3.05) is 12.3 Å². The van der Waals surface area contributed by atoms with E-state index >= 15 is 0 Å². The van der Waals surface area contributed by atoms with E-state index in [9.17, 15) is 4.79 Å². The van der Waals surface area contributed by atoms with Crippen molar-refractivity contribution in [2.45, 2.75) is 32.5 Å². The smallest absolute Gasteiger partial charge is 0.230 e. The number of aryl methyl sites for hydroxylation is 1. The Morgan fingerprint density at radius 2 is 2.38 bits per heavy atom. The number of imidazole rings is 1. The minimum Gasteiger partial charge on any atom is -0.355 e. The topological polar surface area (TPSA) is 46.9 Å². The van der Waals surface area contributed by atoms with E-state index < -0.39 is 0 Å². The molecule has 4 nitrogen and oxygen atoms in total. The summed E-state index contributed by atoms with van der Waals surface area (Å²) in [6, 6.07) is 0. The van der Waals surface area contributed by atoms with E-state index in [2.05, 4.69) is 31.1 Å². The van der Waals surface area contributed by atoms with Crippen molar-refractivity contribution in [3.05, 3.63) is 12.4 Å². The van der Waals surface area contributed by atoms with Gasteiger partial charge in [-0.3, -0.25) is 4.79 Å². The molecule has 1 amide bonds. The molecule has 90 valence electrons. The first-order valence-corrected chi connectivity index (χ1v) is 6.52. The summed E-state index contributed by atoms with van der Waals surface area (Å²) in [7, 11) is 0. The summed E-state index contributed by atoms with van der Waals surface area (Å²) < 4.78 is 2.03. The first-order chi connectivity index (χ1) is 7.63. The molecular weight excluding hydrogens is 222 g/mol. The number of amides is 1. The van der Waals surface area contributed by atoms with Crippen LogP contribution in [0, 0.1) is 5.92 Å². The van der Waals surface area contributed by atoms with Crippen LogP contribution in [0.25, 0.3) is 0 Å². The van der Waals surface area contributed by atoms with Crippen molar-refractivity contribution in [3.63, 3.8) is 0 Å². The number of aromatic nitrogens is 2. The lowest BCUT2D eigenvalue weighted by molar-refractivity contribution is -0.118. The molecule has 0 saturated carbocycles. The molecule has 1 aromatic heterocycles. The third-order valence-electron chi connectivity index (χ3n) is 2.06. The fourth-order valence-corrected chi connectivity index (χ4v) is 2.03. The fourth-order valence-electron chi connectivity index (χ4n) is 1.18. The van der Waals surface area contributed by atoms with E-state index in [4.69, 9.17) is 0 Å². The van der Waals surface area contributed by atoms with Gasteiger partial charge in [-0.2, -0.15) is 0 Å². The molecule has 1 N–H and O–H groups in total. The number of thioether (sulfide) groups is 1. The molecule has 0 spiro atoms.